The summed E-state index contributed by atoms with van der Waals surface area (Å²) in [6, 6.07) is -0.794. The van der Waals surface area contributed by atoms with E-state index in [4.69, 9.17) is 0 Å². The van der Waals surface area contributed by atoms with Crippen LogP contribution in [0.1, 0.15) is 70.9 Å². The van der Waals surface area contributed by atoms with Crippen LogP contribution in [0.2, 0.25) is 0 Å². The molecule has 2 aliphatic heterocycles. The average Bonchev–Trinajstić information content (AvgIpc) is 3.76. The number of nitrogens with one attached hydrogen (secondary N) is 6. The Balaban J connectivity index is 1.40. The van der Waals surface area contributed by atoms with E-state index in [-0.39, 0.29) is 54.3 Å². The van der Waals surface area contributed by atoms with Gasteiger partial charge >= 0.3 is 6.03 Å². The van der Waals surface area contributed by atoms with Crippen molar-refractivity contribution in [2.75, 3.05) is 44.9 Å². The van der Waals surface area contributed by atoms with Gasteiger partial charge in [-0.3, -0.25) is 28.8 Å². The van der Waals surface area contributed by atoms with Crippen molar-refractivity contribution in [2.45, 2.75) is 108 Å². The van der Waals surface area contributed by atoms with Gasteiger partial charge in [-0.05, 0) is 64.8 Å². The highest BCUT2D eigenvalue weighted by Crippen LogP contribution is 2.33. The molecular weight excluding hydrogens is 669 g/mol. The Hall–Kier alpha value is -3.05. The van der Waals surface area contributed by atoms with Crippen LogP contribution in [-0.2, 0) is 32.3 Å². The Kier molecular flexibility index (Phi) is 17.5. The quantitative estimate of drug-likeness (QED) is 0.0697. The first-order valence-corrected chi connectivity index (χ1v) is 19.8. The maximum atomic E-state index is 13.3. The van der Waals surface area contributed by atoms with Gasteiger partial charge < -0.3 is 31.9 Å². The molecule has 3 heterocycles. The summed E-state index contributed by atoms with van der Waals surface area (Å²) in [5, 5.41) is 26.1. The number of thioether (sulfide) groups is 2. The second-order valence-electron chi connectivity index (χ2n) is 13.4. The minimum Gasteiger partial charge on any atom is -0.354 e. The summed E-state index contributed by atoms with van der Waals surface area (Å²) in [4.78, 5) is 64.1. The highest BCUT2D eigenvalue weighted by molar-refractivity contribution is 8.00. The number of hydrogen-bond donors (Lipinski definition) is 6. The summed E-state index contributed by atoms with van der Waals surface area (Å²) in [5.74, 6) is 1.04. The molecule has 6 N–H and O–H groups in total. The van der Waals surface area contributed by atoms with Gasteiger partial charge in [-0.1, -0.05) is 25.5 Å². The second kappa shape index (κ2) is 21.2. The zero-order valence-electron chi connectivity index (χ0n) is 29.6. The van der Waals surface area contributed by atoms with Crippen molar-refractivity contribution in [2.24, 2.45) is 5.92 Å². The minimum absolute atomic E-state index is 0.0519. The Morgan fingerprint density at radius 2 is 1.82 bits per heavy atom. The number of aryl methyl sites for hydroxylation is 1. The molecule has 2 aliphatic rings. The Morgan fingerprint density at radius 3 is 2.55 bits per heavy atom. The van der Waals surface area contributed by atoms with E-state index in [1.54, 1.807) is 10.9 Å². The smallest absolute Gasteiger partial charge is 0.315 e. The molecule has 1 unspecified atom stereocenters. The number of nitrogens with zero attached hydrogens (tertiary/aromatic N) is 4. The van der Waals surface area contributed by atoms with Crippen LogP contribution < -0.4 is 31.9 Å². The van der Waals surface area contributed by atoms with E-state index in [9.17, 15) is 24.0 Å². The lowest BCUT2D eigenvalue weighted by atomic mass is 10.0. The van der Waals surface area contributed by atoms with Gasteiger partial charge in [0, 0.05) is 37.1 Å². The number of fused-ring (bicyclic) bond motifs is 1. The van der Waals surface area contributed by atoms with Crippen molar-refractivity contribution in [3.8, 4) is 0 Å². The van der Waals surface area contributed by atoms with Crippen LogP contribution in [0, 0.1) is 5.92 Å². The fourth-order valence-corrected chi connectivity index (χ4v) is 7.84. The van der Waals surface area contributed by atoms with Crippen molar-refractivity contribution in [3.63, 3.8) is 0 Å². The largest absolute Gasteiger partial charge is 0.354 e. The standard InChI is InChI=1S/C32H56N10O5S2/c1-21(2)16-25(41(3)4)31(46)36-23(10-8-9-15-42-18-22(39-40-42)17-35-28(44)20-48-5)30(45)34-14-13-33-27(43)12-7-6-11-26-29-24(19-49-26)37-32(47)38-29/h18,21,23-26,29H,6-17,19-20H2,1-5H3,(H,33,43)(H,34,45)(H,35,44)(H,36,46)(H2,37,38,47)/t23-,24-,25?,26-,29-/m0/s1. The molecule has 1 aromatic rings. The van der Waals surface area contributed by atoms with Gasteiger partial charge in [0.2, 0.25) is 23.6 Å². The van der Waals surface area contributed by atoms with Gasteiger partial charge in [0.15, 0.2) is 0 Å². The van der Waals surface area contributed by atoms with E-state index in [1.807, 2.05) is 37.0 Å². The van der Waals surface area contributed by atoms with E-state index < -0.39 is 6.04 Å². The van der Waals surface area contributed by atoms with Crippen LogP contribution in [0.15, 0.2) is 6.20 Å². The molecular formula is C32H56N10O5S2. The van der Waals surface area contributed by atoms with Gasteiger partial charge in [0.25, 0.3) is 0 Å². The maximum Gasteiger partial charge on any atom is 0.315 e. The van der Waals surface area contributed by atoms with Crippen molar-refractivity contribution in [1.29, 1.82) is 0 Å². The molecule has 0 radical (unpaired) electrons. The molecule has 2 fully saturated rings. The fraction of sp³-hybridized carbons (Fsp3) is 0.781. The number of amides is 6. The molecule has 0 aromatic carbocycles. The summed E-state index contributed by atoms with van der Waals surface area (Å²) in [7, 11) is 3.72. The number of hydrogen-bond acceptors (Lipinski definition) is 10. The molecule has 15 nitrogen and oxygen atoms in total. The molecule has 2 saturated heterocycles. The number of carbonyl (C=O) groups is 5. The number of urea groups is 1. The van der Waals surface area contributed by atoms with E-state index in [0.717, 1.165) is 25.0 Å². The lowest BCUT2D eigenvalue weighted by molar-refractivity contribution is -0.132. The summed E-state index contributed by atoms with van der Waals surface area (Å²) in [6.45, 7) is 5.58. The Labute approximate surface area is 298 Å². The van der Waals surface area contributed by atoms with E-state index >= 15 is 0 Å². The third kappa shape index (κ3) is 14.4. The van der Waals surface area contributed by atoms with E-state index in [0.29, 0.717) is 74.4 Å². The van der Waals surface area contributed by atoms with E-state index in [2.05, 4.69) is 56.1 Å². The number of unbranched alkanes of at least 4 members (excludes halogenated alkanes) is 2. The normalized spacial score (nSPS) is 19.6. The summed E-state index contributed by atoms with van der Waals surface area (Å²) in [6.07, 6.45) is 9.18. The van der Waals surface area contributed by atoms with Gasteiger partial charge in [-0.15, -0.1) is 5.10 Å². The zero-order valence-corrected chi connectivity index (χ0v) is 31.2. The number of likely N-dealkylation sites (N-methyl/N-ethyl adjacent to an activating group) is 1. The summed E-state index contributed by atoms with van der Waals surface area (Å²) < 4.78 is 1.71. The first-order chi connectivity index (χ1) is 23.5. The Bertz CT molecular complexity index is 1230. The topological polar surface area (TPSA) is 191 Å². The molecule has 6 amide bonds. The molecule has 0 spiro atoms. The number of rotatable bonds is 23. The first-order valence-electron chi connectivity index (χ1n) is 17.3. The van der Waals surface area contributed by atoms with Crippen LogP contribution >= 0.6 is 23.5 Å². The highest BCUT2D eigenvalue weighted by Gasteiger charge is 2.42. The Morgan fingerprint density at radius 1 is 1.04 bits per heavy atom. The van der Waals surface area contributed by atoms with Gasteiger partial charge in [-0.25, -0.2) is 4.79 Å². The molecule has 276 valence electrons. The van der Waals surface area contributed by atoms with Crippen LogP contribution in [0.25, 0.3) is 0 Å². The lowest BCUT2D eigenvalue weighted by Gasteiger charge is -2.27. The van der Waals surface area contributed by atoms with Gasteiger partial charge in [0.1, 0.15) is 11.7 Å². The molecule has 0 saturated carbocycles. The maximum absolute atomic E-state index is 13.3. The average molecular weight is 725 g/mol. The molecule has 5 atom stereocenters. The SMILES string of the molecule is CSCC(=O)NCc1cn(CCCC[C@H](NC(=O)C(CC(C)C)N(C)C)C(=O)NCCNC(=O)CCCC[C@@H]2SC[C@@H]3NC(=O)N[C@@H]32)nn1. The van der Waals surface area contributed by atoms with Crippen molar-refractivity contribution < 1.29 is 24.0 Å². The highest BCUT2D eigenvalue weighted by atomic mass is 32.2. The van der Waals surface area contributed by atoms with Crippen LogP contribution in [0.3, 0.4) is 0 Å². The predicted octanol–water partition coefficient (Wildman–Crippen LogP) is 0.847. The van der Waals surface area contributed by atoms with Gasteiger partial charge in [0.05, 0.1) is 36.6 Å². The number of aromatic nitrogens is 3. The van der Waals surface area contributed by atoms with E-state index in [1.165, 1.54) is 11.8 Å². The molecule has 0 aliphatic carbocycles. The molecule has 1 aromatic heterocycles. The molecule has 49 heavy (non-hydrogen) atoms. The molecule has 17 heteroatoms. The van der Waals surface area contributed by atoms with Crippen LogP contribution in [0.4, 0.5) is 4.79 Å². The zero-order chi connectivity index (χ0) is 35.8. The van der Waals surface area contributed by atoms with Gasteiger partial charge in [-0.2, -0.15) is 23.5 Å². The first kappa shape index (κ1) is 40.4. The third-order valence-corrected chi connectivity index (χ3v) is 10.6. The summed E-state index contributed by atoms with van der Waals surface area (Å²) >= 11 is 3.32. The van der Waals surface area contributed by atoms with Crippen molar-refractivity contribution in [3.05, 3.63) is 11.9 Å². The minimum atomic E-state index is -0.719. The fourth-order valence-electron chi connectivity index (χ4n) is 5.93. The molecule has 0 bridgehead atoms. The molecule has 3 rings (SSSR count). The third-order valence-electron chi connectivity index (χ3n) is 8.54. The summed E-state index contributed by atoms with van der Waals surface area (Å²) in [5.41, 5.74) is 0.671. The van der Waals surface area contributed by atoms with Crippen LogP contribution in [0.5, 0.6) is 0 Å². The van der Waals surface area contributed by atoms with Crippen LogP contribution in [-0.4, -0.2) is 124 Å². The lowest BCUT2D eigenvalue weighted by Crippen LogP contribution is -2.53. The monoisotopic (exact) mass is 724 g/mol. The predicted molar refractivity (Wildman–Crippen MR) is 193 cm³/mol. The van der Waals surface area contributed by atoms with Crippen molar-refractivity contribution >= 4 is 53.2 Å². The second-order valence-corrected chi connectivity index (χ2v) is 15.5. The number of carbonyl (C=O) groups excluding carboxylic acids is 5. The van der Waals surface area contributed by atoms with Crippen molar-refractivity contribution in [1.82, 2.24) is 51.8 Å².